The van der Waals surface area contributed by atoms with Gasteiger partial charge in [-0.1, -0.05) is 369 Å². The first-order valence-electron chi connectivity index (χ1n) is 41.5. The number of hydrogen-bond donors (Lipinski definition) is 3. The summed E-state index contributed by atoms with van der Waals surface area (Å²) in [6, 6.07) is 0. The summed E-state index contributed by atoms with van der Waals surface area (Å²) in [7, 11) is -9.92. The lowest BCUT2D eigenvalue weighted by molar-refractivity contribution is -0.161. The quantitative estimate of drug-likeness (QED) is 0.0222. The molecule has 0 bridgehead atoms. The molecule has 0 aliphatic carbocycles. The molecular formula is C80H156O17P2. The number of aliphatic hydroxyl groups excluding tert-OH is 1. The molecule has 0 amide bonds. The number of carbonyl (C=O) groups excluding carboxylic acids is 4. The van der Waals surface area contributed by atoms with Gasteiger partial charge in [0.1, 0.15) is 19.3 Å². The molecule has 3 unspecified atom stereocenters. The van der Waals surface area contributed by atoms with Gasteiger partial charge < -0.3 is 33.8 Å². The molecule has 0 aromatic carbocycles. The van der Waals surface area contributed by atoms with Crippen LogP contribution in [0.3, 0.4) is 0 Å². The van der Waals surface area contributed by atoms with Crippen LogP contribution in [0.5, 0.6) is 0 Å². The van der Waals surface area contributed by atoms with E-state index in [1.807, 2.05) is 0 Å². The average Bonchev–Trinajstić information content (AvgIpc) is 0.991. The maximum Gasteiger partial charge on any atom is 0.472 e. The third-order valence-corrected chi connectivity index (χ3v) is 21.0. The molecule has 3 N–H and O–H groups in total. The molecule has 6 atom stereocenters. The summed E-state index contributed by atoms with van der Waals surface area (Å²) in [5, 5.41) is 10.6. The highest BCUT2D eigenvalue weighted by molar-refractivity contribution is 7.47. The molecule has 19 heteroatoms. The van der Waals surface area contributed by atoms with Crippen molar-refractivity contribution < 1.29 is 80.2 Å². The van der Waals surface area contributed by atoms with Crippen LogP contribution in [-0.2, 0) is 65.4 Å². The van der Waals surface area contributed by atoms with Crippen LogP contribution in [0.25, 0.3) is 0 Å². The number of ether oxygens (including phenoxy) is 4. The monoisotopic (exact) mass is 1450 g/mol. The Hall–Kier alpha value is -1.94. The second-order valence-electron chi connectivity index (χ2n) is 29.5. The fraction of sp³-hybridized carbons (Fsp3) is 0.950. The van der Waals surface area contributed by atoms with Crippen LogP contribution in [0.4, 0.5) is 0 Å². The van der Waals surface area contributed by atoms with Crippen LogP contribution < -0.4 is 0 Å². The molecule has 0 aromatic rings. The average molecular weight is 1450 g/mol. The first-order valence-corrected chi connectivity index (χ1v) is 44.5. The number of phosphoric ester groups is 2. The zero-order chi connectivity index (χ0) is 72.8. The van der Waals surface area contributed by atoms with Crippen LogP contribution in [0, 0.1) is 11.8 Å². The van der Waals surface area contributed by atoms with E-state index >= 15 is 0 Å². The first-order chi connectivity index (χ1) is 47.9. The van der Waals surface area contributed by atoms with Crippen molar-refractivity contribution in [1.82, 2.24) is 0 Å². The summed E-state index contributed by atoms with van der Waals surface area (Å²) >= 11 is 0. The van der Waals surface area contributed by atoms with Gasteiger partial charge in [0.2, 0.25) is 0 Å². The Bertz CT molecular complexity index is 1910. The lowest BCUT2D eigenvalue weighted by Gasteiger charge is -2.21. The van der Waals surface area contributed by atoms with E-state index in [-0.39, 0.29) is 25.7 Å². The van der Waals surface area contributed by atoms with E-state index in [1.165, 1.54) is 231 Å². The number of hydrogen-bond acceptors (Lipinski definition) is 15. The van der Waals surface area contributed by atoms with Crippen molar-refractivity contribution >= 4 is 39.5 Å². The Morgan fingerprint density at radius 1 is 0.293 bits per heavy atom. The van der Waals surface area contributed by atoms with Gasteiger partial charge in [0.05, 0.1) is 26.4 Å². The smallest absolute Gasteiger partial charge is 0.462 e. The summed E-state index contributed by atoms with van der Waals surface area (Å²) < 4.78 is 68.6. The van der Waals surface area contributed by atoms with Gasteiger partial charge in [-0.3, -0.25) is 37.3 Å². The summed E-state index contributed by atoms with van der Waals surface area (Å²) in [6.45, 7) is 9.51. The Kier molecular flexibility index (Phi) is 70.3. The highest BCUT2D eigenvalue weighted by Crippen LogP contribution is 2.45. The number of esters is 4. The Morgan fingerprint density at radius 3 is 0.768 bits per heavy atom. The van der Waals surface area contributed by atoms with Gasteiger partial charge >= 0.3 is 39.5 Å². The molecule has 17 nitrogen and oxygen atoms in total. The van der Waals surface area contributed by atoms with Gasteiger partial charge in [-0.05, 0) is 37.5 Å². The molecule has 0 saturated carbocycles. The predicted molar refractivity (Wildman–Crippen MR) is 405 cm³/mol. The molecule has 0 radical (unpaired) electrons. The molecule has 0 fully saturated rings. The van der Waals surface area contributed by atoms with Crippen molar-refractivity contribution in [3.63, 3.8) is 0 Å². The highest BCUT2D eigenvalue weighted by Gasteiger charge is 2.30. The van der Waals surface area contributed by atoms with Gasteiger partial charge in [-0.2, -0.15) is 0 Å². The normalized spacial score (nSPS) is 14.2. The third-order valence-electron chi connectivity index (χ3n) is 19.1. The van der Waals surface area contributed by atoms with Gasteiger partial charge in [0, 0.05) is 25.7 Å². The van der Waals surface area contributed by atoms with E-state index in [9.17, 15) is 43.2 Å². The number of rotatable bonds is 79. The standard InChI is InChI=1S/C80H156O17P2/c1-7-10-12-14-16-18-20-22-24-26-28-30-32-34-36-38-40-44-52-58-64-79(84)96-75(68-90-77(82)62-56-50-43-39-37-35-33-31-29-27-25-23-21-19-17-15-13-11-8-2)70-94-98(86,87)92-66-74(81)67-93-99(88,89)95-71-76(97-80(85)65-59-53-45-41-42-48-54-60-72(4)5)69-91-78(83)63-57-51-47-46-49-55-61-73(6)9-3/h72-76,81H,7-71H2,1-6H3,(H,86,87)(H,88,89)/t73?,74-,75-,76-/m1/s1. The fourth-order valence-corrected chi connectivity index (χ4v) is 13.9. The van der Waals surface area contributed by atoms with Crippen molar-refractivity contribution in [2.45, 2.75) is 439 Å². The largest absolute Gasteiger partial charge is 0.472 e. The van der Waals surface area contributed by atoms with Crippen LogP contribution in [0.15, 0.2) is 0 Å². The van der Waals surface area contributed by atoms with Crippen molar-refractivity contribution in [1.29, 1.82) is 0 Å². The van der Waals surface area contributed by atoms with Crippen LogP contribution in [0.2, 0.25) is 0 Å². The minimum absolute atomic E-state index is 0.103. The molecule has 0 spiro atoms. The number of aliphatic hydroxyl groups is 1. The van der Waals surface area contributed by atoms with E-state index in [0.29, 0.717) is 31.6 Å². The summed E-state index contributed by atoms with van der Waals surface area (Å²) in [5.41, 5.74) is 0. The van der Waals surface area contributed by atoms with E-state index in [0.717, 1.165) is 102 Å². The van der Waals surface area contributed by atoms with Crippen LogP contribution in [-0.4, -0.2) is 96.7 Å². The second kappa shape index (κ2) is 71.7. The zero-order valence-electron chi connectivity index (χ0n) is 64.8. The molecule has 0 rings (SSSR count). The Labute approximate surface area is 607 Å². The fourth-order valence-electron chi connectivity index (χ4n) is 12.3. The minimum atomic E-state index is -4.96. The predicted octanol–water partition coefficient (Wildman–Crippen LogP) is 23.9. The maximum atomic E-state index is 13.1. The van der Waals surface area contributed by atoms with E-state index in [2.05, 4.69) is 41.5 Å². The zero-order valence-corrected chi connectivity index (χ0v) is 66.6. The van der Waals surface area contributed by atoms with Crippen molar-refractivity contribution in [2.75, 3.05) is 39.6 Å². The lowest BCUT2D eigenvalue weighted by atomic mass is 10.00. The van der Waals surface area contributed by atoms with E-state index in [4.69, 9.17) is 37.0 Å². The molecule has 99 heavy (non-hydrogen) atoms. The van der Waals surface area contributed by atoms with Crippen molar-refractivity contribution in [3.05, 3.63) is 0 Å². The molecule has 0 saturated heterocycles. The summed E-state index contributed by atoms with van der Waals surface area (Å²) in [4.78, 5) is 72.9. The number of phosphoric acid groups is 2. The van der Waals surface area contributed by atoms with Gasteiger partial charge in [-0.15, -0.1) is 0 Å². The number of unbranched alkanes of at least 4 members (excludes halogenated alkanes) is 48. The van der Waals surface area contributed by atoms with E-state index in [1.54, 1.807) is 0 Å². The van der Waals surface area contributed by atoms with Gasteiger partial charge in [-0.25, -0.2) is 9.13 Å². The molecule has 0 aromatic heterocycles. The van der Waals surface area contributed by atoms with Gasteiger partial charge in [0.25, 0.3) is 0 Å². The SMILES string of the molecule is CCCCCCCCCCCCCCCCCCCCCCC(=O)O[C@H](COC(=O)CCCCCCCCCCCCCCCCCCCCC)COP(=O)(O)OC[C@@H](O)COP(=O)(O)OC[C@@H](COC(=O)CCCCCCCCC(C)CC)OC(=O)CCCCCCCCCC(C)C. The lowest BCUT2D eigenvalue weighted by Crippen LogP contribution is -2.30. The van der Waals surface area contributed by atoms with E-state index < -0.39 is 97.5 Å². The van der Waals surface area contributed by atoms with Crippen LogP contribution in [0.1, 0.15) is 420 Å². The number of carbonyl (C=O) groups is 4. The Morgan fingerprint density at radius 2 is 0.515 bits per heavy atom. The highest BCUT2D eigenvalue weighted by atomic mass is 31.2. The Balaban J connectivity index is 5.20. The molecule has 588 valence electrons. The third kappa shape index (κ3) is 72.8. The summed E-state index contributed by atoms with van der Waals surface area (Å²) in [6.07, 6.45) is 61.4. The topological polar surface area (TPSA) is 237 Å². The van der Waals surface area contributed by atoms with Crippen LogP contribution >= 0.6 is 15.6 Å². The molecular weight excluding hydrogens is 1290 g/mol. The minimum Gasteiger partial charge on any atom is -0.462 e. The first kappa shape index (κ1) is 97.1. The molecule has 0 heterocycles. The maximum absolute atomic E-state index is 13.1. The van der Waals surface area contributed by atoms with Crippen molar-refractivity contribution in [2.24, 2.45) is 11.8 Å². The molecule has 0 aliphatic rings. The molecule has 0 aliphatic heterocycles. The van der Waals surface area contributed by atoms with Crippen molar-refractivity contribution in [3.8, 4) is 0 Å². The van der Waals surface area contributed by atoms with Gasteiger partial charge in [0.15, 0.2) is 12.2 Å². The summed E-state index contributed by atoms with van der Waals surface area (Å²) in [5.74, 6) is -0.689. The second-order valence-corrected chi connectivity index (χ2v) is 32.4.